The highest BCUT2D eigenvalue weighted by Gasteiger charge is 2.33. The van der Waals surface area contributed by atoms with Gasteiger partial charge in [-0.1, -0.05) is 55.5 Å². The van der Waals surface area contributed by atoms with Crippen LogP contribution in [0.25, 0.3) is 6.08 Å². The second-order valence-corrected chi connectivity index (χ2v) is 10.7. The van der Waals surface area contributed by atoms with E-state index in [1.165, 1.54) is 25.6 Å². The standard InChI is InChI=1S/C30H33N3O7S/c1-17(2)20-7-9-21(10-8-20)27-26(29(36)39-13-12-37-4)18(3)32-30-33(27)28(35)24(41-30)15-19-6-11-22(23(14-19)38-5)40-16-25(31)34/h6-11,14-15,17,27H,12-13,16H2,1-5H3,(H2,31,34). The molecule has 1 aromatic heterocycles. The molecule has 0 saturated heterocycles. The van der Waals surface area contributed by atoms with Gasteiger partial charge >= 0.3 is 5.97 Å². The Bertz CT molecular complexity index is 1650. The lowest BCUT2D eigenvalue weighted by atomic mass is 9.93. The number of rotatable bonds is 11. The van der Waals surface area contributed by atoms with Crippen molar-refractivity contribution in [3.8, 4) is 11.5 Å². The molecule has 0 aliphatic carbocycles. The summed E-state index contributed by atoms with van der Waals surface area (Å²) in [6, 6.07) is 12.2. The molecule has 2 heterocycles. The summed E-state index contributed by atoms with van der Waals surface area (Å²) in [5.74, 6) is -0.101. The lowest BCUT2D eigenvalue weighted by Gasteiger charge is -2.25. The molecule has 1 atom stereocenters. The molecule has 2 aromatic carbocycles. The Morgan fingerprint density at radius 2 is 1.83 bits per heavy atom. The number of aromatic nitrogens is 1. The molecule has 2 N–H and O–H groups in total. The average Bonchev–Trinajstić information content (AvgIpc) is 3.25. The first-order valence-corrected chi connectivity index (χ1v) is 13.8. The minimum atomic E-state index is -0.719. The fourth-order valence-electron chi connectivity index (χ4n) is 4.45. The van der Waals surface area contributed by atoms with Crippen molar-refractivity contribution in [2.45, 2.75) is 32.7 Å². The van der Waals surface area contributed by atoms with Crippen LogP contribution in [0.1, 0.15) is 49.4 Å². The molecule has 1 aliphatic heterocycles. The van der Waals surface area contributed by atoms with Gasteiger partial charge in [0.25, 0.3) is 11.5 Å². The fraction of sp³-hybridized carbons (Fsp3) is 0.333. The number of esters is 1. The van der Waals surface area contributed by atoms with E-state index in [0.29, 0.717) is 43.6 Å². The summed E-state index contributed by atoms with van der Waals surface area (Å²) in [4.78, 5) is 43.4. The number of nitrogens with two attached hydrogens (primary N) is 1. The van der Waals surface area contributed by atoms with E-state index in [-0.39, 0.29) is 25.4 Å². The maximum atomic E-state index is 13.9. The van der Waals surface area contributed by atoms with E-state index in [2.05, 4.69) is 18.8 Å². The summed E-state index contributed by atoms with van der Waals surface area (Å²) in [5, 5.41) is 0. The molecule has 1 amide bonds. The molecule has 1 aliphatic rings. The number of thiazole rings is 1. The second-order valence-electron chi connectivity index (χ2n) is 9.70. The summed E-state index contributed by atoms with van der Waals surface area (Å²) in [6.45, 7) is 5.99. The van der Waals surface area contributed by atoms with Crippen LogP contribution in [0, 0.1) is 0 Å². The third-order valence-electron chi connectivity index (χ3n) is 6.54. The van der Waals surface area contributed by atoms with Gasteiger partial charge in [0.15, 0.2) is 22.9 Å². The van der Waals surface area contributed by atoms with Gasteiger partial charge in [-0.3, -0.25) is 14.2 Å². The lowest BCUT2D eigenvalue weighted by molar-refractivity contribution is -0.140. The zero-order valence-corrected chi connectivity index (χ0v) is 24.4. The smallest absolute Gasteiger partial charge is 0.338 e. The Morgan fingerprint density at radius 3 is 2.46 bits per heavy atom. The number of methoxy groups -OCH3 is 2. The van der Waals surface area contributed by atoms with Crippen LogP contribution in [0.3, 0.4) is 0 Å². The largest absolute Gasteiger partial charge is 0.493 e. The summed E-state index contributed by atoms with van der Waals surface area (Å²) in [7, 11) is 3.00. The molecule has 0 bridgehead atoms. The van der Waals surface area contributed by atoms with E-state index in [0.717, 1.165) is 11.1 Å². The van der Waals surface area contributed by atoms with Crippen molar-refractivity contribution >= 4 is 29.3 Å². The van der Waals surface area contributed by atoms with Gasteiger partial charge in [-0.05, 0) is 47.7 Å². The Kier molecular flexibility index (Phi) is 9.41. The highest BCUT2D eigenvalue weighted by molar-refractivity contribution is 7.07. The maximum absolute atomic E-state index is 13.9. The number of carbonyl (C=O) groups excluding carboxylic acids is 2. The van der Waals surface area contributed by atoms with Gasteiger partial charge in [-0.25, -0.2) is 9.79 Å². The van der Waals surface area contributed by atoms with Gasteiger partial charge in [-0.2, -0.15) is 0 Å². The van der Waals surface area contributed by atoms with Gasteiger partial charge < -0.3 is 24.7 Å². The first kappa shape index (κ1) is 29.8. The molecule has 41 heavy (non-hydrogen) atoms. The van der Waals surface area contributed by atoms with E-state index in [9.17, 15) is 14.4 Å². The number of nitrogens with zero attached hydrogens (tertiary/aromatic N) is 2. The van der Waals surface area contributed by atoms with Crippen molar-refractivity contribution in [1.82, 2.24) is 4.57 Å². The Balaban J connectivity index is 1.82. The van der Waals surface area contributed by atoms with Crippen molar-refractivity contribution in [2.24, 2.45) is 10.7 Å². The van der Waals surface area contributed by atoms with E-state index in [1.54, 1.807) is 35.8 Å². The molecular formula is C30H33N3O7S. The number of hydrogen-bond acceptors (Lipinski definition) is 9. The summed E-state index contributed by atoms with van der Waals surface area (Å²) < 4.78 is 23.3. The fourth-order valence-corrected chi connectivity index (χ4v) is 5.50. The Hall–Kier alpha value is -4.22. The highest BCUT2D eigenvalue weighted by Crippen LogP contribution is 2.32. The zero-order valence-electron chi connectivity index (χ0n) is 23.6. The summed E-state index contributed by atoms with van der Waals surface area (Å²) in [5.41, 5.74) is 8.25. The number of primary amides is 1. The quantitative estimate of drug-likeness (QED) is 0.273. The van der Waals surface area contributed by atoms with Crippen LogP contribution in [-0.2, 0) is 19.1 Å². The lowest BCUT2D eigenvalue weighted by Crippen LogP contribution is -2.40. The van der Waals surface area contributed by atoms with Crippen LogP contribution in [0.15, 0.2) is 63.5 Å². The first-order chi connectivity index (χ1) is 19.6. The van der Waals surface area contributed by atoms with Gasteiger partial charge in [0.2, 0.25) is 0 Å². The van der Waals surface area contributed by atoms with Crippen molar-refractivity contribution < 1.29 is 28.5 Å². The van der Waals surface area contributed by atoms with Crippen LogP contribution in [0.4, 0.5) is 0 Å². The second kappa shape index (κ2) is 13.0. The molecular weight excluding hydrogens is 546 g/mol. The van der Waals surface area contributed by atoms with E-state index >= 15 is 0 Å². The van der Waals surface area contributed by atoms with Crippen molar-refractivity contribution in [3.05, 3.63) is 90.1 Å². The van der Waals surface area contributed by atoms with Gasteiger partial charge in [-0.15, -0.1) is 0 Å². The maximum Gasteiger partial charge on any atom is 0.338 e. The third kappa shape index (κ3) is 6.58. The van der Waals surface area contributed by atoms with Crippen molar-refractivity contribution in [1.29, 1.82) is 0 Å². The minimum absolute atomic E-state index is 0.0799. The molecule has 4 rings (SSSR count). The van der Waals surface area contributed by atoms with Gasteiger partial charge in [0, 0.05) is 7.11 Å². The number of allylic oxidation sites excluding steroid dienone is 1. The normalized spacial score (nSPS) is 15.0. The van der Waals surface area contributed by atoms with Crippen LogP contribution >= 0.6 is 11.3 Å². The number of benzene rings is 2. The number of hydrogen-bond donors (Lipinski definition) is 1. The number of ether oxygens (including phenoxy) is 4. The predicted octanol–water partition coefficient (Wildman–Crippen LogP) is 2.42. The van der Waals surface area contributed by atoms with Crippen LogP contribution in [-0.4, -0.2) is 50.5 Å². The molecule has 10 nitrogen and oxygen atoms in total. The average molecular weight is 580 g/mol. The summed E-state index contributed by atoms with van der Waals surface area (Å²) in [6.07, 6.45) is 1.72. The van der Waals surface area contributed by atoms with Crippen LogP contribution in [0.2, 0.25) is 0 Å². The molecule has 0 radical (unpaired) electrons. The molecule has 11 heteroatoms. The monoisotopic (exact) mass is 579 g/mol. The number of fused-ring (bicyclic) bond motifs is 1. The van der Waals surface area contributed by atoms with E-state index in [1.807, 2.05) is 24.3 Å². The Labute approximate surface area is 241 Å². The molecule has 0 fully saturated rings. The SMILES string of the molecule is COCCOC(=O)C1=C(C)N=c2sc(=Cc3ccc(OCC(N)=O)c(OC)c3)c(=O)n2C1c1ccc(C(C)C)cc1. The van der Waals surface area contributed by atoms with Gasteiger partial charge in [0.1, 0.15) is 6.61 Å². The van der Waals surface area contributed by atoms with Crippen LogP contribution in [0.5, 0.6) is 11.5 Å². The number of carbonyl (C=O) groups is 2. The Morgan fingerprint density at radius 1 is 1.10 bits per heavy atom. The first-order valence-electron chi connectivity index (χ1n) is 13.0. The molecule has 0 spiro atoms. The minimum Gasteiger partial charge on any atom is -0.493 e. The molecule has 3 aromatic rings. The predicted molar refractivity (Wildman–Crippen MR) is 155 cm³/mol. The molecule has 0 saturated carbocycles. The zero-order chi connectivity index (χ0) is 29.7. The molecule has 1 unspecified atom stereocenters. The number of amides is 1. The third-order valence-corrected chi connectivity index (χ3v) is 7.52. The summed E-state index contributed by atoms with van der Waals surface area (Å²) >= 11 is 1.22. The van der Waals surface area contributed by atoms with E-state index < -0.39 is 17.9 Å². The van der Waals surface area contributed by atoms with Crippen LogP contribution < -0.4 is 30.1 Å². The highest BCUT2D eigenvalue weighted by atomic mass is 32.1. The van der Waals surface area contributed by atoms with Crippen molar-refractivity contribution in [3.63, 3.8) is 0 Å². The van der Waals surface area contributed by atoms with Crippen molar-refractivity contribution in [2.75, 3.05) is 34.0 Å². The molecule has 216 valence electrons. The van der Waals surface area contributed by atoms with E-state index in [4.69, 9.17) is 24.7 Å². The topological polar surface area (TPSA) is 131 Å². The van der Waals surface area contributed by atoms with Gasteiger partial charge in [0.05, 0.1) is 35.6 Å².